The van der Waals surface area contributed by atoms with Crippen molar-refractivity contribution in [1.82, 2.24) is 5.32 Å². The van der Waals surface area contributed by atoms with Crippen LogP contribution in [0.3, 0.4) is 0 Å². The molecule has 1 aromatic carbocycles. The number of aliphatic carboxylic acids is 1. The number of hydrogen-bond acceptors (Lipinski definition) is 2. The number of carboxylic acid groups (broad SMARTS) is 1. The van der Waals surface area contributed by atoms with Crippen molar-refractivity contribution >= 4 is 23.5 Å². The highest BCUT2D eigenvalue weighted by molar-refractivity contribution is 6.30. The van der Waals surface area contributed by atoms with Crippen molar-refractivity contribution in [3.63, 3.8) is 0 Å². The standard InChI is InChI=1S/C14H18ClNO3/c1-8(9(2)14(18)19)13(17)16-10(3)11-4-6-12(15)7-5-11/h4-10H,1-3H3,(H,16,17)(H,18,19)/t8?,9?,10-/m1/s1. The topological polar surface area (TPSA) is 66.4 Å². The summed E-state index contributed by atoms with van der Waals surface area (Å²) in [5.41, 5.74) is 0.924. The molecule has 0 aromatic heterocycles. The van der Waals surface area contributed by atoms with Crippen LogP contribution in [0.1, 0.15) is 32.4 Å². The van der Waals surface area contributed by atoms with Crippen molar-refractivity contribution < 1.29 is 14.7 Å². The average molecular weight is 284 g/mol. The van der Waals surface area contributed by atoms with E-state index in [0.29, 0.717) is 5.02 Å². The molecule has 3 atom stereocenters. The third-order valence-corrected chi connectivity index (χ3v) is 3.53. The van der Waals surface area contributed by atoms with Crippen molar-refractivity contribution in [3.05, 3.63) is 34.9 Å². The normalized spacial score (nSPS) is 15.4. The number of amides is 1. The van der Waals surface area contributed by atoms with Crippen molar-refractivity contribution in [1.29, 1.82) is 0 Å². The van der Waals surface area contributed by atoms with Crippen LogP contribution in [0.25, 0.3) is 0 Å². The molecule has 0 saturated carbocycles. The second-order valence-corrected chi connectivity index (χ2v) is 5.13. The van der Waals surface area contributed by atoms with E-state index in [1.54, 1.807) is 19.1 Å². The van der Waals surface area contributed by atoms with Crippen molar-refractivity contribution in [2.75, 3.05) is 0 Å². The van der Waals surface area contributed by atoms with E-state index in [1.807, 2.05) is 19.1 Å². The maximum atomic E-state index is 11.9. The molecule has 5 heteroatoms. The van der Waals surface area contributed by atoms with Gasteiger partial charge in [0.15, 0.2) is 0 Å². The van der Waals surface area contributed by atoms with Crippen LogP contribution < -0.4 is 5.32 Å². The van der Waals surface area contributed by atoms with E-state index in [9.17, 15) is 9.59 Å². The summed E-state index contributed by atoms with van der Waals surface area (Å²) in [4.78, 5) is 22.8. The van der Waals surface area contributed by atoms with Crippen LogP contribution in [0.4, 0.5) is 0 Å². The van der Waals surface area contributed by atoms with E-state index in [2.05, 4.69) is 5.32 Å². The number of carboxylic acids is 1. The van der Waals surface area contributed by atoms with Crippen LogP contribution in [0, 0.1) is 11.8 Å². The summed E-state index contributed by atoms with van der Waals surface area (Å²) in [5.74, 6) is -2.52. The van der Waals surface area contributed by atoms with Gasteiger partial charge in [0.2, 0.25) is 5.91 Å². The number of rotatable bonds is 5. The molecule has 1 amide bonds. The summed E-state index contributed by atoms with van der Waals surface area (Å²) < 4.78 is 0. The van der Waals surface area contributed by atoms with Gasteiger partial charge in [-0.2, -0.15) is 0 Å². The Hall–Kier alpha value is -1.55. The van der Waals surface area contributed by atoms with Crippen molar-refractivity contribution in [3.8, 4) is 0 Å². The third-order valence-electron chi connectivity index (χ3n) is 3.28. The molecule has 104 valence electrons. The fourth-order valence-electron chi connectivity index (χ4n) is 1.62. The van der Waals surface area contributed by atoms with Crippen LogP contribution in [0.15, 0.2) is 24.3 Å². The first-order chi connectivity index (χ1) is 8.82. The maximum Gasteiger partial charge on any atom is 0.307 e. The number of halogens is 1. The molecule has 0 aliphatic carbocycles. The summed E-state index contributed by atoms with van der Waals surface area (Å²) in [6, 6.07) is 6.98. The lowest BCUT2D eigenvalue weighted by Gasteiger charge is -2.20. The van der Waals surface area contributed by atoms with Gasteiger partial charge in [-0.25, -0.2) is 0 Å². The minimum atomic E-state index is -0.971. The molecular formula is C14H18ClNO3. The lowest BCUT2D eigenvalue weighted by atomic mass is 9.94. The van der Waals surface area contributed by atoms with Gasteiger partial charge in [0.25, 0.3) is 0 Å². The highest BCUT2D eigenvalue weighted by atomic mass is 35.5. The minimum absolute atomic E-state index is 0.187. The molecule has 0 heterocycles. The molecule has 19 heavy (non-hydrogen) atoms. The van der Waals surface area contributed by atoms with Gasteiger partial charge in [-0.3, -0.25) is 9.59 Å². The molecule has 1 rings (SSSR count). The maximum absolute atomic E-state index is 11.9. The van der Waals surface area contributed by atoms with Crippen LogP contribution in [-0.4, -0.2) is 17.0 Å². The zero-order chi connectivity index (χ0) is 14.6. The Morgan fingerprint density at radius 1 is 1.11 bits per heavy atom. The Bertz CT molecular complexity index is 458. The largest absolute Gasteiger partial charge is 0.481 e. The predicted molar refractivity (Wildman–Crippen MR) is 74.0 cm³/mol. The van der Waals surface area contributed by atoms with Gasteiger partial charge < -0.3 is 10.4 Å². The molecule has 0 saturated heterocycles. The minimum Gasteiger partial charge on any atom is -0.481 e. The Labute approximate surface area is 117 Å². The van der Waals surface area contributed by atoms with E-state index in [4.69, 9.17) is 16.7 Å². The molecule has 2 N–H and O–H groups in total. The SMILES string of the molecule is CC(C(=O)O)C(C)C(=O)N[C@H](C)c1ccc(Cl)cc1. The molecule has 0 aliphatic rings. The molecule has 0 fully saturated rings. The van der Waals surface area contributed by atoms with Gasteiger partial charge in [0.05, 0.1) is 12.0 Å². The van der Waals surface area contributed by atoms with E-state index >= 15 is 0 Å². The van der Waals surface area contributed by atoms with Crippen LogP contribution in [0.2, 0.25) is 5.02 Å². The van der Waals surface area contributed by atoms with Gasteiger partial charge >= 0.3 is 5.97 Å². The van der Waals surface area contributed by atoms with Crippen molar-refractivity contribution in [2.24, 2.45) is 11.8 Å². The Morgan fingerprint density at radius 2 is 1.63 bits per heavy atom. The smallest absolute Gasteiger partial charge is 0.307 e. The summed E-state index contributed by atoms with van der Waals surface area (Å²) in [6.45, 7) is 4.99. The first kappa shape index (κ1) is 15.5. The molecule has 0 radical (unpaired) electrons. The van der Waals surface area contributed by atoms with Gasteiger partial charge in [-0.05, 0) is 24.6 Å². The number of hydrogen-bond donors (Lipinski definition) is 2. The van der Waals surface area contributed by atoms with E-state index in [1.165, 1.54) is 6.92 Å². The Morgan fingerprint density at radius 3 is 2.11 bits per heavy atom. The van der Waals surface area contributed by atoms with Crippen molar-refractivity contribution in [2.45, 2.75) is 26.8 Å². The first-order valence-electron chi connectivity index (χ1n) is 6.11. The summed E-state index contributed by atoms with van der Waals surface area (Å²) in [7, 11) is 0. The summed E-state index contributed by atoms with van der Waals surface area (Å²) >= 11 is 5.80. The molecular weight excluding hydrogens is 266 g/mol. The molecule has 0 spiro atoms. The Balaban J connectivity index is 2.66. The number of nitrogens with one attached hydrogen (secondary N) is 1. The third kappa shape index (κ3) is 4.24. The summed E-state index contributed by atoms with van der Waals surface area (Å²) in [5, 5.41) is 12.3. The molecule has 4 nitrogen and oxygen atoms in total. The number of carbonyl (C=O) groups excluding carboxylic acids is 1. The fraction of sp³-hybridized carbons (Fsp3) is 0.429. The fourth-order valence-corrected chi connectivity index (χ4v) is 1.75. The predicted octanol–water partition coefficient (Wildman–Crippen LogP) is 2.87. The molecule has 1 aromatic rings. The van der Waals surface area contributed by atoms with Gasteiger partial charge in [-0.15, -0.1) is 0 Å². The average Bonchev–Trinajstić information content (AvgIpc) is 2.37. The summed E-state index contributed by atoms with van der Waals surface area (Å²) in [6.07, 6.45) is 0. The van der Waals surface area contributed by atoms with Gasteiger partial charge in [0.1, 0.15) is 0 Å². The Kier molecular flexibility index (Phi) is 5.36. The van der Waals surface area contributed by atoms with E-state index in [0.717, 1.165) is 5.56 Å². The second-order valence-electron chi connectivity index (χ2n) is 4.70. The van der Waals surface area contributed by atoms with Crippen LogP contribution in [0.5, 0.6) is 0 Å². The first-order valence-corrected chi connectivity index (χ1v) is 6.49. The van der Waals surface area contributed by atoms with Gasteiger partial charge in [-0.1, -0.05) is 37.6 Å². The molecule has 2 unspecified atom stereocenters. The molecule has 0 aliphatic heterocycles. The molecule has 0 bridgehead atoms. The highest BCUT2D eigenvalue weighted by Crippen LogP contribution is 2.18. The number of carbonyl (C=O) groups is 2. The highest BCUT2D eigenvalue weighted by Gasteiger charge is 2.26. The second kappa shape index (κ2) is 6.57. The van der Waals surface area contributed by atoms with E-state index < -0.39 is 17.8 Å². The van der Waals surface area contributed by atoms with Crippen LogP contribution in [-0.2, 0) is 9.59 Å². The lowest BCUT2D eigenvalue weighted by molar-refractivity contribution is -0.146. The van der Waals surface area contributed by atoms with Gasteiger partial charge in [0, 0.05) is 10.9 Å². The zero-order valence-electron chi connectivity index (χ0n) is 11.2. The monoisotopic (exact) mass is 283 g/mol. The lowest BCUT2D eigenvalue weighted by Crippen LogP contribution is -2.36. The van der Waals surface area contributed by atoms with E-state index in [-0.39, 0.29) is 11.9 Å². The quantitative estimate of drug-likeness (QED) is 0.873. The zero-order valence-corrected chi connectivity index (χ0v) is 11.9. The number of benzene rings is 1. The van der Waals surface area contributed by atoms with Crippen LogP contribution >= 0.6 is 11.6 Å².